The van der Waals surface area contributed by atoms with Crippen molar-refractivity contribution >= 4 is 33.4 Å². The largest absolute Gasteiger partial charge is 0.508 e. The highest BCUT2D eigenvalue weighted by atomic mass is 79.9. The maximum Gasteiger partial charge on any atom is 0.255 e. The second-order valence-corrected chi connectivity index (χ2v) is 6.07. The number of carbonyl (C=O) groups is 1. The standard InChI is InChI=1S/C16H15BrClNO2/c1-10(12-5-3-4-6-15(12)20)19(2)16(21)13-8-7-11(18)9-14(13)17/h3-10,20H,1-2H3. The maximum atomic E-state index is 12.6. The molecule has 1 amide bonds. The number of phenolic OH excluding ortho intramolecular Hbond substituents is 1. The molecular formula is C16H15BrClNO2. The van der Waals surface area contributed by atoms with Crippen molar-refractivity contribution < 1.29 is 9.90 Å². The average molecular weight is 369 g/mol. The van der Waals surface area contributed by atoms with E-state index in [2.05, 4.69) is 15.9 Å². The third-order valence-electron chi connectivity index (χ3n) is 3.45. The van der Waals surface area contributed by atoms with Gasteiger partial charge in [0.25, 0.3) is 5.91 Å². The minimum absolute atomic E-state index is 0.144. The van der Waals surface area contributed by atoms with Crippen LogP contribution in [0.5, 0.6) is 5.75 Å². The lowest BCUT2D eigenvalue weighted by Gasteiger charge is -2.26. The molecule has 1 unspecified atom stereocenters. The number of aromatic hydroxyl groups is 1. The quantitative estimate of drug-likeness (QED) is 0.857. The maximum absolute atomic E-state index is 12.6. The molecular weight excluding hydrogens is 354 g/mol. The summed E-state index contributed by atoms with van der Waals surface area (Å²) in [6, 6.07) is 11.8. The number of rotatable bonds is 3. The Hall–Kier alpha value is -1.52. The van der Waals surface area contributed by atoms with E-state index < -0.39 is 0 Å². The first-order valence-corrected chi connectivity index (χ1v) is 7.59. The SMILES string of the molecule is CC(c1ccccc1O)N(C)C(=O)c1ccc(Cl)cc1Br. The van der Waals surface area contributed by atoms with E-state index in [-0.39, 0.29) is 17.7 Å². The number of para-hydroxylation sites is 1. The zero-order valence-corrected chi connectivity index (χ0v) is 14.0. The first-order chi connectivity index (χ1) is 9.91. The molecule has 2 aromatic carbocycles. The van der Waals surface area contributed by atoms with E-state index in [1.165, 1.54) is 0 Å². The average Bonchev–Trinajstić information content (AvgIpc) is 2.45. The highest BCUT2D eigenvalue weighted by molar-refractivity contribution is 9.10. The summed E-state index contributed by atoms with van der Waals surface area (Å²) in [5.41, 5.74) is 1.24. The second kappa shape index (κ2) is 6.50. The van der Waals surface area contributed by atoms with Gasteiger partial charge in [-0.05, 0) is 47.1 Å². The normalized spacial score (nSPS) is 12.0. The fraction of sp³-hybridized carbons (Fsp3) is 0.188. The van der Waals surface area contributed by atoms with Crippen LogP contribution in [-0.4, -0.2) is 23.0 Å². The number of hydrogen-bond donors (Lipinski definition) is 1. The first-order valence-electron chi connectivity index (χ1n) is 6.42. The number of amides is 1. The van der Waals surface area contributed by atoms with Crippen LogP contribution in [0.15, 0.2) is 46.9 Å². The summed E-state index contributed by atoms with van der Waals surface area (Å²) in [6.07, 6.45) is 0. The summed E-state index contributed by atoms with van der Waals surface area (Å²) in [7, 11) is 1.71. The first kappa shape index (κ1) is 15.9. The molecule has 1 N–H and O–H groups in total. The molecule has 0 radical (unpaired) electrons. The van der Waals surface area contributed by atoms with E-state index in [0.717, 1.165) is 0 Å². The fourth-order valence-corrected chi connectivity index (χ4v) is 2.93. The van der Waals surface area contributed by atoms with Gasteiger partial charge >= 0.3 is 0 Å². The van der Waals surface area contributed by atoms with Gasteiger partial charge in [0.1, 0.15) is 5.75 Å². The van der Waals surface area contributed by atoms with Crippen molar-refractivity contribution in [3.05, 3.63) is 63.1 Å². The molecule has 21 heavy (non-hydrogen) atoms. The molecule has 0 aliphatic heterocycles. The van der Waals surface area contributed by atoms with Crippen LogP contribution in [-0.2, 0) is 0 Å². The summed E-state index contributed by atoms with van der Waals surface area (Å²) in [5.74, 6) is 0.0362. The van der Waals surface area contributed by atoms with Gasteiger partial charge in [-0.1, -0.05) is 29.8 Å². The molecule has 0 aliphatic rings. The van der Waals surface area contributed by atoms with Gasteiger partial charge in [0.05, 0.1) is 11.6 Å². The zero-order chi connectivity index (χ0) is 15.6. The summed E-state index contributed by atoms with van der Waals surface area (Å²) in [4.78, 5) is 14.2. The highest BCUT2D eigenvalue weighted by Crippen LogP contribution is 2.30. The van der Waals surface area contributed by atoms with Crippen LogP contribution in [0, 0.1) is 0 Å². The van der Waals surface area contributed by atoms with Crippen LogP contribution in [0.3, 0.4) is 0 Å². The molecule has 0 bridgehead atoms. The molecule has 0 saturated heterocycles. The molecule has 0 aliphatic carbocycles. The van der Waals surface area contributed by atoms with E-state index in [9.17, 15) is 9.90 Å². The minimum Gasteiger partial charge on any atom is -0.508 e. The molecule has 3 nitrogen and oxygen atoms in total. The van der Waals surface area contributed by atoms with Crippen molar-refractivity contribution in [1.82, 2.24) is 4.90 Å². The molecule has 1 atom stereocenters. The van der Waals surface area contributed by atoms with Crippen LogP contribution >= 0.6 is 27.5 Å². The molecule has 2 rings (SSSR count). The number of hydrogen-bond acceptors (Lipinski definition) is 2. The Morgan fingerprint density at radius 2 is 1.95 bits per heavy atom. The Labute approximate surface area is 137 Å². The van der Waals surface area contributed by atoms with Crippen molar-refractivity contribution in [1.29, 1.82) is 0 Å². The second-order valence-electron chi connectivity index (χ2n) is 4.78. The molecule has 0 aromatic heterocycles. The van der Waals surface area contributed by atoms with Gasteiger partial charge in [-0.15, -0.1) is 0 Å². The highest BCUT2D eigenvalue weighted by Gasteiger charge is 2.22. The van der Waals surface area contributed by atoms with Gasteiger partial charge in [0.2, 0.25) is 0 Å². The van der Waals surface area contributed by atoms with Gasteiger partial charge in [-0.2, -0.15) is 0 Å². The number of halogens is 2. The monoisotopic (exact) mass is 367 g/mol. The molecule has 110 valence electrons. The van der Waals surface area contributed by atoms with E-state index >= 15 is 0 Å². The topological polar surface area (TPSA) is 40.5 Å². The third kappa shape index (κ3) is 3.39. The fourth-order valence-electron chi connectivity index (χ4n) is 2.08. The number of phenols is 1. The molecule has 0 heterocycles. The lowest BCUT2D eigenvalue weighted by Crippen LogP contribution is -2.30. The third-order valence-corrected chi connectivity index (χ3v) is 4.34. The smallest absolute Gasteiger partial charge is 0.255 e. The minimum atomic E-state index is -0.249. The van der Waals surface area contributed by atoms with Gasteiger partial charge in [-0.25, -0.2) is 0 Å². The summed E-state index contributed by atoms with van der Waals surface area (Å²) in [6.45, 7) is 1.87. The van der Waals surface area contributed by atoms with E-state index in [4.69, 9.17) is 11.6 Å². The predicted molar refractivity (Wildman–Crippen MR) is 87.8 cm³/mol. The van der Waals surface area contributed by atoms with Crippen LogP contribution in [0.1, 0.15) is 28.9 Å². The Kier molecular flexibility index (Phi) is 4.91. The summed E-state index contributed by atoms with van der Waals surface area (Å²) >= 11 is 9.25. The molecule has 0 fully saturated rings. The van der Waals surface area contributed by atoms with Crippen molar-refractivity contribution in [2.24, 2.45) is 0 Å². The summed E-state index contributed by atoms with van der Waals surface area (Å²) < 4.78 is 0.649. The van der Waals surface area contributed by atoms with Crippen LogP contribution in [0.2, 0.25) is 5.02 Å². The molecule has 5 heteroatoms. The van der Waals surface area contributed by atoms with E-state index in [0.29, 0.717) is 20.6 Å². The van der Waals surface area contributed by atoms with Crippen molar-refractivity contribution in [3.63, 3.8) is 0 Å². The number of benzene rings is 2. The van der Waals surface area contributed by atoms with Crippen LogP contribution < -0.4 is 0 Å². The lowest BCUT2D eigenvalue weighted by molar-refractivity contribution is 0.0740. The van der Waals surface area contributed by atoms with Gasteiger partial charge in [0, 0.05) is 22.1 Å². The summed E-state index contributed by atoms with van der Waals surface area (Å²) in [5, 5.41) is 10.5. The Balaban J connectivity index is 2.29. The lowest BCUT2D eigenvalue weighted by atomic mass is 10.1. The Morgan fingerprint density at radius 3 is 2.57 bits per heavy atom. The van der Waals surface area contributed by atoms with Crippen LogP contribution in [0.4, 0.5) is 0 Å². The Morgan fingerprint density at radius 1 is 1.29 bits per heavy atom. The van der Waals surface area contributed by atoms with E-state index in [1.807, 2.05) is 13.0 Å². The van der Waals surface area contributed by atoms with Crippen molar-refractivity contribution in [3.8, 4) is 5.75 Å². The zero-order valence-electron chi connectivity index (χ0n) is 11.7. The molecule has 0 saturated carbocycles. The molecule has 2 aromatic rings. The Bertz CT molecular complexity index is 675. The van der Waals surface area contributed by atoms with Crippen molar-refractivity contribution in [2.45, 2.75) is 13.0 Å². The van der Waals surface area contributed by atoms with Gasteiger partial charge in [0.15, 0.2) is 0 Å². The van der Waals surface area contributed by atoms with Gasteiger partial charge < -0.3 is 10.0 Å². The number of nitrogens with zero attached hydrogens (tertiary/aromatic N) is 1. The van der Waals surface area contributed by atoms with Crippen molar-refractivity contribution in [2.75, 3.05) is 7.05 Å². The number of carbonyl (C=O) groups excluding carboxylic acids is 1. The van der Waals surface area contributed by atoms with E-state index in [1.54, 1.807) is 48.3 Å². The molecule has 0 spiro atoms. The predicted octanol–water partition coefficient (Wildman–Crippen LogP) is 4.64. The van der Waals surface area contributed by atoms with Gasteiger partial charge in [-0.3, -0.25) is 4.79 Å². The van der Waals surface area contributed by atoms with Crippen LogP contribution in [0.25, 0.3) is 0 Å².